The van der Waals surface area contributed by atoms with Gasteiger partial charge in [0.05, 0.1) is 0 Å². The van der Waals surface area contributed by atoms with Crippen LogP contribution in [0.4, 0.5) is 0 Å². The van der Waals surface area contributed by atoms with E-state index in [1.165, 1.54) is 6.42 Å². The molecule has 0 saturated carbocycles. The summed E-state index contributed by atoms with van der Waals surface area (Å²) in [5.41, 5.74) is 0. The van der Waals surface area contributed by atoms with Gasteiger partial charge in [0.25, 0.3) is 0 Å². The van der Waals surface area contributed by atoms with Crippen LogP contribution in [0.15, 0.2) is 0 Å². The highest BCUT2D eigenvalue weighted by atomic mass is 35.5. The number of halogens is 2. The molecule has 3 N–H and O–H groups in total. The van der Waals surface area contributed by atoms with Crippen molar-refractivity contribution in [3.63, 3.8) is 0 Å². The summed E-state index contributed by atoms with van der Waals surface area (Å²) in [4.78, 5) is 0. The maximum atomic E-state index is 8.48. The van der Waals surface area contributed by atoms with E-state index in [0.29, 0.717) is 12.6 Å². The molecule has 5 heteroatoms. The molecule has 0 bridgehead atoms. The van der Waals surface area contributed by atoms with E-state index in [0.717, 1.165) is 26.1 Å². The third-order valence-corrected chi connectivity index (χ3v) is 1.83. The smallest absolute Gasteiger partial charge is 0.0443 e. The topological polar surface area (TPSA) is 44.3 Å². The van der Waals surface area contributed by atoms with Crippen LogP contribution in [-0.2, 0) is 0 Å². The van der Waals surface area contributed by atoms with Crippen molar-refractivity contribution in [2.45, 2.75) is 18.9 Å². The zero-order valence-corrected chi connectivity index (χ0v) is 8.72. The van der Waals surface area contributed by atoms with Crippen molar-refractivity contribution in [3.8, 4) is 0 Å². The quantitative estimate of drug-likeness (QED) is 0.588. The van der Waals surface area contributed by atoms with Gasteiger partial charge in [0, 0.05) is 19.2 Å². The van der Waals surface area contributed by atoms with Crippen LogP contribution in [-0.4, -0.2) is 37.4 Å². The fourth-order valence-electron chi connectivity index (χ4n) is 1.21. The lowest BCUT2D eigenvalue weighted by Gasteiger charge is -2.09. The van der Waals surface area contributed by atoms with Crippen molar-refractivity contribution >= 4 is 24.8 Å². The highest BCUT2D eigenvalue weighted by Crippen LogP contribution is 1.95. The maximum absolute atomic E-state index is 8.48. The molecular formula is C7H18Cl2N2O. The van der Waals surface area contributed by atoms with Crippen LogP contribution in [0.3, 0.4) is 0 Å². The van der Waals surface area contributed by atoms with Gasteiger partial charge in [0.1, 0.15) is 0 Å². The van der Waals surface area contributed by atoms with Crippen molar-refractivity contribution in [1.82, 2.24) is 10.6 Å². The Morgan fingerprint density at radius 1 is 1.42 bits per heavy atom. The predicted octanol–water partition coefficient (Wildman–Crippen LogP) is 0.164. The zero-order valence-electron chi connectivity index (χ0n) is 7.08. The van der Waals surface area contributed by atoms with Crippen LogP contribution in [0.2, 0.25) is 0 Å². The number of nitrogens with one attached hydrogen (secondary N) is 2. The third kappa shape index (κ3) is 6.03. The highest BCUT2D eigenvalue weighted by Gasteiger charge is 2.11. The Morgan fingerprint density at radius 3 is 2.67 bits per heavy atom. The molecule has 1 rings (SSSR count). The second-order valence-electron chi connectivity index (χ2n) is 2.72. The van der Waals surface area contributed by atoms with Gasteiger partial charge in [0.15, 0.2) is 0 Å². The van der Waals surface area contributed by atoms with Crippen LogP contribution in [0.25, 0.3) is 0 Å². The number of hydrogen-bond donors (Lipinski definition) is 3. The predicted molar refractivity (Wildman–Crippen MR) is 55.5 cm³/mol. The van der Waals surface area contributed by atoms with E-state index in [2.05, 4.69) is 10.6 Å². The summed E-state index contributed by atoms with van der Waals surface area (Å²) < 4.78 is 0. The lowest BCUT2D eigenvalue weighted by Crippen LogP contribution is -2.31. The Labute approximate surface area is 86.1 Å². The Balaban J connectivity index is 0. The Morgan fingerprint density at radius 2 is 2.17 bits per heavy atom. The molecule has 76 valence electrons. The second kappa shape index (κ2) is 9.55. The first-order valence-electron chi connectivity index (χ1n) is 3.98. The molecule has 3 nitrogen and oxygen atoms in total. The SMILES string of the molecule is Cl.Cl.OCCCN[C@H]1CCNC1. The average molecular weight is 217 g/mol. The molecular weight excluding hydrogens is 199 g/mol. The first-order valence-corrected chi connectivity index (χ1v) is 3.98. The van der Waals surface area contributed by atoms with Gasteiger partial charge in [-0.1, -0.05) is 0 Å². The molecule has 0 aromatic heterocycles. The summed E-state index contributed by atoms with van der Waals surface area (Å²) in [6.45, 7) is 3.47. The lowest BCUT2D eigenvalue weighted by molar-refractivity contribution is 0.283. The van der Waals surface area contributed by atoms with E-state index < -0.39 is 0 Å². The summed E-state index contributed by atoms with van der Waals surface area (Å²) in [6, 6.07) is 0.645. The average Bonchev–Trinajstić information content (AvgIpc) is 2.41. The van der Waals surface area contributed by atoms with Crippen molar-refractivity contribution in [3.05, 3.63) is 0 Å². The van der Waals surface area contributed by atoms with Crippen LogP contribution in [0.1, 0.15) is 12.8 Å². The molecule has 1 saturated heterocycles. The summed E-state index contributed by atoms with van der Waals surface area (Å²) in [5, 5.41) is 15.1. The van der Waals surface area contributed by atoms with Gasteiger partial charge in [-0.05, 0) is 25.9 Å². The number of hydrogen-bond acceptors (Lipinski definition) is 3. The van der Waals surface area contributed by atoms with Crippen LogP contribution in [0, 0.1) is 0 Å². The minimum absolute atomic E-state index is 0. The molecule has 0 amide bonds. The number of rotatable bonds is 4. The molecule has 1 fully saturated rings. The molecule has 1 heterocycles. The first-order chi connectivity index (χ1) is 4.93. The highest BCUT2D eigenvalue weighted by molar-refractivity contribution is 5.85. The van der Waals surface area contributed by atoms with Crippen molar-refractivity contribution in [1.29, 1.82) is 0 Å². The van der Waals surface area contributed by atoms with E-state index in [9.17, 15) is 0 Å². The molecule has 0 aliphatic carbocycles. The van der Waals surface area contributed by atoms with Gasteiger partial charge >= 0.3 is 0 Å². The first kappa shape index (κ1) is 15.0. The zero-order chi connectivity index (χ0) is 7.23. The summed E-state index contributed by atoms with van der Waals surface area (Å²) in [5.74, 6) is 0. The largest absolute Gasteiger partial charge is 0.396 e. The van der Waals surface area contributed by atoms with Gasteiger partial charge in [0.2, 0.25) is 0 Å². The minimum Gasteiger partial charge on any atom is -0.396 e. The van der Waals surface area contributed by atoms with Gasteiger partial charge in [-0.25, -0.2) is 0 Å². The fraction of sp³-hybridized carbons (Fsp3) is 1.00. The van der Waals surface area contributed by atoms with Crippen molar-refractivity contribution < 1.29 is 5.11 Å². The van der Waals surface area contributed by atoms with E-state index >= 15 is 0 Å². The lowest BCUT2D eigenvalue weighted by atomic mass is 10.2. The van der Waals surface area contributed by atoms with Crippen LogP contribution >= 0.6 is 24.8 Å². The van der Waals surface area contributed by atoms with Crippen LogP contribution < -0.4 is 10.6 Å². The third-order valence-electron chi connectivity index (χ3n) is 1.83. The normalized spacial score (nSPS) is 21.2. The fourth-order valence-corrected chi connectivity index (χ4v) is 1.21. The molecule has 0 aromatic rings. The molecule has 1 aliphatic rings. The van der Waals surface area contributed by atoms with Gasteiger partial charge in [-0.3, -0.25) is 0 Å². The Hall–Kier alpha value is 0.460. The van der Waals surface area contributed by atoms with Crippen molar-refractivity contribution in [2.24, 2.45) is 0 Å². The van der Waals surface area contributed by atoms with Gasteiger partial charge in [-0.15, -0.1) is 24.8 Å². The second-order valence-corrected chi connectivity index (χ2v) is 2.72. The standard InChI is InChI=1S/C7H16N2O.2ClH/c10-5-1-3-9-7-2-4-8-6-7;;/h7-10H,1-6H2;2*1H/t7-;;/m0../s1. The summed E-state index contributed by atoms with van der Waals surface area (Å²) >= 11 is 0. The Bertz CT molecular complexity index is 89.5. The minimum atomic E-state index is 0. The van der Waals surface area contributed by atoms with E-state index in [-0.39, 0.29) is 24.8 Å². The maximum Gasteiger partial charge on any atom is 0.0443 e. The molecule has 0 unspecified atom stereocenters. The summed E-state index contributed by atoms with van der Waals surface area (Å²) in [7, 11) is 0. The molecule has 1 atom stereocenters. The molecule has 0 aromatic carbocycles. The number of aliphatic hydroxyl groups is 1. The van der Waals surface area contributed by atoms with Crippen molar-refractivity contribution in [2.75, 3.05) is 26.2 Å². The van der Waals surface area contributed by atoms with E-state index in [1.807, 2.05) is 0 Å². The van der Waals surface area contributed by atoms with E-state index in [4.69, 9.17) is 5.11 Å². The van der Waals surface area contributed by atoms with E-state index in [1.54, 1.807) is 0 Å². The van der Waals surface area contributed by atoms with Gasteiger partial charge < -0.3 is 15.7 Å². The Kier molecular flexibility index (Phi) is 11.9. The number of aliphatic hydroxyl groups excluding tert-OH is 1. The molecule has 1 aliphatic heterocycles. The molecule has 0 radical (unpaired) electrons. The molecule has 12 heavy (non-hydrogen) atoms. The van der Waals surface area contributed by atoms with Crippen LogP contribution in [0.5, 0.6) is 0 Å². The summed E-state index contributed by atoms with van der Waals surface area (Å²) in [6.07, 6.45) is 2.10. The van der Waals surface area contributed by atoms with Gasteiger partial charge in [-0.2, -0.15) is 0 Å². The monoisotopic (exact) mass is 216 g/mol. The molecule has 0 spiro atoms.